The average molecular weight is 260 g/mol. The lowest BCUT2D eigenvalue weighted by atomic mass is 9.67. The maximum absolute atomic E-state index is 10.9. The van der Waals surface area contributed by atoms with Gasteiger partial charge in [0.15, 0.2) is 0 Å². The van der Waals surface area contributed by atoms with Gasteiger partial charge in [0.05, 0.1) is 11.2 Å². The van der Waals surface area contributed by atoms with Crippen LogP contribution in [0.15, 0.2) is 30.3 Å². The molecule has 1 aromatic rings. The van der Waals surface area contributed by atoms with E-state index in [9.17, 15) is 5.11 Å². The zero-order chi connectivity index (χ0) is 13.3. The Hall–Kier alpha value is -0.860. The predicted molar refractivity (Wildman–Crippen MR) is 76.0 cm³/mol. The predicted octanol–water partition coefficient (Wildman–Crippen LogP) is 3.33. The Labute approximate surface area is 115 Å². The van der Waals surface area contributed by atoms with Crippen molar-refractivity contribution in [1.29, 1.82) is 0 Å². The van der Waals surface area contributed by atoms with Gasteiger partial charge in [-0.3, -0.25) is 0 Å². The van der Waals surface area contributed by atoms with Gasteiger partial charge in [-0.15, -0.1) is 0 Å². The summed E-state index contributed by atoms with van der Waals surface area (Å²) in [6.07, 6.45) is 6.42. The molecule has 19 heavy (non-hydrogen) atoms. The summed E-state index contributed by atoms with van der Waals surface area (Å²) in [6.45, 7) is 2.82. The van der Waals surface area contributed by atoms with Crippen molar-refractivity contribution in [3.05, 3.63) is 35.9 Å². The molecule has 1 aliphatic heterocycles. The Kier molecular flexibility index (Phi) is 3.40. The molecule has 2 nitrogen and oxygen atoms in total. The van der Waals surface area contributed by atoms with Gasteiger partial charge in [-0.2, -0.15) is 0 Å². The third-order valence-electron chi connectivity index (χ3n) is 5.04. The summed E-state index contributed by atoms with van der Waals surface area (Å²) in [5.74, 6) is 0.363. The van der Waals surface area contributed by atoms with Crippen molar-refractivity contribution in [3.8, 4) is 0 Å². The molecular weight excluding hydrogens is 236 g/mol. The molecule has 0 amide bonds. The Morgan fingerprint density at radius 3 is 2.68 bits per heavy atom. The van der Waals surface area contributed by atoms with Gasteiger partial charge in [-0.25, -0.2) is 0 Å². The average Bonchev–Trinajstić information content (AvgIpc) is 2.38. The highest BCUT2D eigenvalue weighted by Gasteiger charge is 2.47. The van der Waals surface area contributed by atoms with Crippen molar-refractivity contribution in [1.82, 2.24) is 0 Å². The quantitative estimate of drug-likeness (QED) is 0.903. The molecule has 1 aliphatic carbocycles. The van der Waals surface area contributed by atoms with Gasteiger partial charge >= 0.3 is 0 Å². The molecule has 2 atom stereocenters. The van der Waals surface area contributed by atoms with Crippen LogP contribution < -0.4 is 0 Å². The molecule has 2 unspecified atom stereocenters. The van der Waals surface area contributed by atoms with Gasteiger partial charge in [0.25, 0.3) is 0 Å². The second-order valence-corrected chi connectivity index (χ2v) is 6.59. The van der Waals surface area contributed by atoms with Gasteiger partial charge in [0, 0.05) is 13.0 Å². The Bertz CT molecular complexity index is 420. The van der Waals surface area contributed by atoms with Crippen LogP contribution in [0.4, 0.5) is 0 Å². The fourth-order valence-electron chi connectivity index (χ4n) is 3.63. The Morgan fingerprint density at radius 2 is 2.05 bits per heavy atom. The molecule has 2 heteroatoms. The van der Waals surface area contributed by atoms with E-state index < -0.39 is 5.60 Å². The summed E-state index contributed by atoms with van der Waals surface area (Å²) in [7, 11) is 0. The van der Waals surface area contributed by atoms with Gasteiger partial charge < -0.3 is 9.84 Å². The molecule has 1 saturated carbocycles. The Balaban J connectivity index is 1.69. The molecule has 104 valence electrons. The van der Waals surface area contributed by atoms with E-state index in [2.05, 4.69) is 12.1 Å². The molecule has 1 saturated heterocycles. The highest BCUT2D eigenvalue weighted by atomic mass is 16.5. The van der Waals surface area contributed by atoms with Crippen LogP contribution in [0.1, 0.15) is 44.6 Å². The molecule has 2 aliphatic rings. The van der Waals surface area contributed by atoms with Crippen LogP contribution >= 0.6 is 0 Å². The van der Waals surface area contributed by atoms with Gasteiger partial charge in [-0.05, 0) is 50.5 Å². The van der Waals surface area contributed by atoms with Crippen molar-refractivity contribution in [2.24, 2.45) is 5.92 Å². The minimum Gasteiger partial charge on any atom is -0.390 e. The standard InChI is InChI=1S/C17H24O2/c1-16(18,12-14-6-3-2-4-7-14)15-8-11-19-17(13-15)9-5-10-17/h2-4,6-7,15,18H,5,8-13H2,1H3. The lowest BCUT2D eigenvalue weighted by Crippen LogP contribution is -2.51. The summed E-state index contributed by atoms with van der Waals surface area (Å²) in [5.41, 5.74) is 0.721. The second kappa shape index (κ2) is 4.92. The number of hydrogen-bond acceptors (Lipinski definition) is 2. The molecule has 1 heterocycles. The Morgan fingerprint density at radius 1 is 1.32 bits per heavy atom. The van der Waals surface area contributed by atoms with Crippen LogP contribution in [0.25, 0.3) is 0 Å². The number of rotatable bonds is 3. The first kappa shape index (κ1) is 13.1. The number of benzene rings is 1. The maximum Gasteiger partial charge on any atom is 0.0689 e. The summed E-state index contributed by atoms with van der Waals surface area (Å²) in [4.78, 5) is 0. The van der Waals surface area contributed by atoms with Gasteiger partial charge in [0.2, 0.25) is 0 Å². The third-order valence-corrected chi connectivity index (χ3v) is 5.04. The lowest BCUT2D eigenvalue weighted by Gasteiger charge is -2.50. The first-order valence-corrected chi connectivity index (χ1v) is 7.50. The lowest BCUT2D eigenvalue weighted by molar-refractivity contribution is -0.172. The first-order valence-electron chi connectivity index (χ1n) is 7.50. The van der Waals surface area contributed by atoms with Crippen LogP contribution in [0.3, 0.4) is 0 Å². The largest absolute Gasteiger partial charge is 0.390 e. The molecule has 0 aromatic heterocycles. The molecule has 0 bridgehead atoms. The number of aliphatic hydroxyl groups is 1. The summed E-state index contributed by atoms with van der Waals surface area (Å²) in [5, 5.41) is 10.9. The van der Waals surface area contributed by atoms with Crippen LogP contribution in [0, 0.1) is 5.92 Å². The smallest absolute Gasteiger partial charge is 0.0689 e. The molecule has 3 rings (SSSR count). The van der Waals surface area contributed by atoms with E-state index in [1.807, 2.05) is 25.1 Å². The normalized spacial score (nSPS) is 28.6. The van der Waals surface area contributed by atoms with Crippen molar-refractivity contribution in [2.75, 3.05) is 6.61 Å². The summed E-state index contributed by atoms with van der Waals surface area (Å²) < 4.78 is 5.97. The van der Waals surface area contributed by atoms with E-state index in [1.54, 1.807) is 0 Å². The molecule has 2 fully saturated rings. The fraction of sp³-hybridized carbons (Fsp3) is 0.647. The molecule has 0 radical (unpaired) electrons. The van der Waals surface area contributed by atoms with Crippen LogP contribution in [0.5, 0.6) is 0 Å². The van der Waals surface area contributed by atoms with E-state index in [0.29, 0.717) is 5.92 Å². The molecule has 1 spiro atoms. The highest BCUT2D eigenvalue weighted by molar-refractivity contribution is 5.17. The minimum absolute atomic E-state index is 0.115. The number of ether oxygens (including phenoxy) is 1. The van der Waals surface area contributed by atoms with Crippen molar-refractivity contribution >= 4 is 0 Å². The topological polar surface area (TPSA) is 29.5 Å². The SMILES string of the molecule is CC(O)(Cc1ccccc1)C1CCOC2(CCC2)C1. The van der Waals surface area contributed by atoms with Crippen LogP contribution in [-0.2, 0) is 11.2 Å². The van der Waals surface area contributed by atoms with E-state index in [-0.39, 0.29) is 5.60 Å². The van der Waals surface area contributed by atoms with Gasteiger partial charge in [0.1, 0.15) is 0 Å². The first-order chi connectivity index (χ1) is 9.10. The fourth-order valence-corrected chi connectivity index (χ4v) is 3.63. The third kappa shape index (κ3) is 2.70. The molecule has 1 N–H and O–H groups in total. The van der Waals surface area contributed by atoms with Gasteiger partial charge in [-0.1, -0.05) is 30.3 Å². The maximum atomic E-state index is 10.9. The monoisotopic (exact) mass is 260 g/mol. The zero-order valence-corrected chi connectivity index (χ0v) is 11.8. The summed E-state index contributed by atoms with van der Waals surface area (Å²) in [6, 6.07) is 10.3. The number of hydrogen-bond donors (Lipinski definition) is 1. The van der Waals surface area contributed by atoms with Crippen LogP contribution in [0.2, 0.25) is 0 Å². The molecular formula is C17H24O2. The van der Waals surface area contributed by atoms with E-state index in [4.69, 9.17) is 4.74 Å². The second-order valence-electron chi connectivity index (χ2n) is 6.59. The van der Waals surface area contributed by atoms with Crippen LogP contribution in [-0.4, -0.2) is 22.9 Å². The zero-order valence-electron chi connectivity index (χ0n) is 11.8. The van der Waals surface area contributed by atoms with E-state index in [1.165, 1.54) is 24.8 Å². The van der Waals surface area contributed by atoms with Crippen molar-refractivity contribution in [2.45, 2.75) is 56.7 Å². The van der Waals surface area contributed by atoms with Crippen molar-refractivity contribution in [3.63, 3.8) is 0 Å². The summed E-state index contributed by atoms with van der Waals surface area (Å²) >= 11 is 0. The molecule has 1 aromatic carbocycles. The highest BCUT2D eigenvalue weighted by Crippen LogP contribution is 2.47. The minimum atomic E-state index is -0.617. The van der Waals surface area contributed by atoms with E-state index >= 15 is 0 Å². The van der Waals surface area contributed by atoms with E-state index in [0.717, 1.165) is 25.9 Å². The van der Waals surface area contributed by atoms with Crippen molar-refractivity contribution < 1.29 is 9.84 Å².